The fourth-order valence-corrected chi connectivity index (χ4v) is 6.60. The first-order chi connectivity index (χ1) is 21.2. The zero-order valence-corrected chi connectivity index (χ0v) is 24.8. The maximum Gasteiger partial charge on any atom is 0.264 e. The van der Waals surface area contributed by atoms with Gasteiger partial charge in [-0.3, -0.25) is 9.59 Å². The Bertz CT molecular complexity index is 1830. The number of benzene rings is 3. The average molecular weight is 613 g/mol. The zero-order chi connectivity index (χ0) is 30.9. The molecule has 2 fully saturated rings. The Morgan fingerprint density at radius 2 is 1.77 bits per heavy atom. The van der Waals surface area contributed by atoms with Crippen LogP contribution in [0.15, 0.2) is 102 Å². The van der Waals surface area contributed by atoms with Crippen LogP contribution in [0.1, 0.15) is 12.8 Å². The number of sulfonamides is 1. The van der Waals surface area contributed by atoms with E-state index in [2.05, 4.69) is 21.9 Å². The van der Waals surface area contributed by atoms with Crippen LogP contribution >= 0.6 is 0 Å². The predicted octanol–water partition coefficient (Wildman–Crippen LogP) is 3.59. The molecule has 3 N–H and O–H groups in total. The standard InChI is InChI=1S/C33H32N4O6S/c1-3-22-19-33(22,32(39)37-44(40,41)25-12-8-5-9-13-25)36-31(38)29-17-24(20-34-29)43-30-18-27(21-10-6-4-7-11-21)35-28-16-23(42-2)14-15-26(28)30/h3-16,18,22,24,29,34H,1,17,19-20H2,2H3,(H,36,38)(H,37,39)/t22-,24-,29+,33-/m1/s1. The van der Waals surface area contributed by atoms with Crippen molar-refractivity contribution in [2.75, 3.05) is 13.7 Å². The Balaban J connectivity index is 1.17. The highest BCUT2D eigenvalue weighted by Gasteiger charge is 2.61. The largest absolute Gasteiger partial charge is 0.497 e. The van der Waals surface area contributed by atoms with Crippen LogP contribution in [0.5, 0.6) is 11.5 Å². The van der Waals surface area contributed by atoms with E-state index in [9.17, 15) is 18.0 Å². The van der Waals surface area contributed by atoms with Gasteiger partial charge in [0.15, 0.2) is 0 Å². The van der Waals surface area contributed by atoms with Gasteiger partial charge < -0.3 is 20.1 Å². The van der Waals surface area contributed by atoms with E-state index in [1.165, 1.54) is 12.1 Å². The number of methoxy groups -OCH3 is 1. The summed E-state index contributed by atoms with van der Waals surface area (Å²) in [7, 11) is -2.51. The number of aromatic nitrogens is 1. The lowest BCUT2D eigenvalue weighted by atomic mass is 10.1. The van der Waals surface area contributed by atoms with Gasteiger partial charge in [0.25, 0.3) is 15.9 Å². The third-order valence-electron chi connectivity index (χ3n) is 8.08. The normalized spacial score (nSPS) is 22.6. The molecule has 3 aromatic carbocycles. The molecule has 0 bridgehead atoms. The van der Waals surface area contributed by atoms with E-state index in [1.807, 2.05) is 54.6 Å². The number of amides is 2. The molecule has 0 unspecified atom stereocenters. The van der Waals surface area contributed by atoms with Crippen molar-refractivity contribution in [2.24, 2.45) is 5.92 Å². The molecule has 2 heterocycles. The monoisotopic (exact) mass is 612 g/mol. The molecular weight excluding hydrogens is 580 g/mol. The Morgan fingerprint density at radius 1 is 1.05 bits per heavy atom. The minimum atomic E-state index is -4.11. The first kappa shape index (κ1) is 29.3. The molecule has 10 nitrogen and oxygen atoms in total. The highest BCUT2D eigenvalue weighted by molar-refractivity contribution is 7.90. The van der Waals surface area contributed by atoms with E-state index in [0.29, 0.717) is 30.0 Å². The van der Waals surface area contributed by atoms with Gasteiger partial charge in [-0.15, -0.1) is 6.58 Å². The van der Waals surface area contributed by atoms with Crippen LogP contribution in [0.25, 0.3) is 22.2 Å². The first-order valence-electron chi connectivity index (χ1n) is 14.2. The molecule has 1 aliphatic carbocycles. The SMILES string of the molecule is C=C[C@@H]1C[C@]1(NC(=O)[C@@H]1C[C@@H](Oc2cc(-c3ccccc3)nc3cc(OC)ccc23)CN1)C(=O)NS(=O)(=O)c1ccccc1. The van der Waals surface area contributed by atoms with Gasteiger partial charge in [-0.25, -0.2) is 18.1 Å². The third-order valence-corrected chi connectivity index (χ3v) is 9.43. The van der Waals surface area contributed by atoms with Gasteiger partial charge in [-0.2, -0.15) is 0 Å². The summed E-state index contributed by atoms with van der Waals surface area (Å²) in [5.41, 5.74) is 0.988. The van der Waals surface area contributed by atoms with Crippen LogP contribution < -0.4 is 24.8 Å². The molecule has 2 amide bonds. The van der Waals surface area contributed by atoms with Gasteiger partial charge in [-0.05, 0) is 30.7 Å². The highest BCUT2D eigenvalue weighted by Crippen LogP contribution is 2.45. The molecule has 1 saturated carbocycles. The van der Waals surface area contributed by atoms with Crippen molar-refractivity contribution >= 4 is 32.7 Å². The summed E-state index contributed by atoms with van der Waals surface area (Å²) in [5.74, 6) is -0.310. The summed E-state index contributed by atoms with van der Waals surface area (Å²) in [4.78, 5) is 31.4. The van der Waals surface area contributed by atoms with Gasteiger partial charge >= 0.3 is 0 Å². The molecule has 4 aromatic rings. The second-order valence-electron chi connectivity index (χ2n) is 10.9. The minimum absolute atomic E-state index is 0.0411. The molecule has 1 saturated heterocycles. The van der Waals surface area contributed by atoms with Crippen molar-refractivity contribution in [3.05, 3.63) is 97.6 Å². The summed E-state index contributed by atoms with van der Waals surface area (Å²) in [5, 5.41) is 6.81. The van der Waals surface area contributed by atoms with E-state index in [4.69, 9.17) is 14.5 Å². The van der Waals surface area contributed by atoms with Crippen LogP contribution in [-0.4, -0.2) is 56.6 Å². The van der Waals surface area contributed by atoms with Crippen molar-refractivity contribution in [2.45, 2.75) is 35.4 Å². The summed E-state index contributed by atoms with van der Waals surface area (Å²) in [6.45, 7) is 4.15. The Kier molecular flexibility index (Phi) is 7.83. The summed E-state index contributed by atoms with van der Waals surface area (Å²) in [6, 6.07) is 24.2. The Labute approximate surface area is 255 Å². The van der Waals surface area contributed by atoms with Gasteiger partial charge in [0.1, 0.15) is 23.1 Å². The molecular formula is C33H32N4O6S. The quantitative estimate of drug-likeness (QED) is 0.231. The maximum atomic E-state index is 13.4. The van der Waals surface area contributed by atoms with Crippen molar-refractivity contribution < 1.29 is 27.5 Å². The number of nitrogens with zero attached hydrogens (tertiary/aromatic N) is 1. The molecule has 2 aliphatic rings. The Hall–Kier alpha value is -4.74. The van der Waals surface area contributed by atoms with E-state index in [1.54, 1.807) is 31.4 Å². The zero-order valence-electron chi connectivity index (χ0n) is 24.0. The molecule has 1 aliphatic heterocycles. The fraction of sp³-hybridized carbons (Fsp3) is 0.242. The Morgan fingerprint density at radius 3 is 2.45 bits per heavy atom. The molecule has 0 radical (unpaired) electrons. The summed E-state index contributed by atoms with van der Waals surface area (Å²) >= 11 is 0. The smallest absolute Gasteiger partial charge is 0.264 e. The maximum absolute atomic E-state index is 13.4. The molecule has 44 heavy (non-hydrogen) atoms. The van der Waals surface area contributed by atoms with E-state index in [-0.39, 0.29) is 17.4 Å². The fourth-order valence-electron chi connectivity index (χ4n) is 5.54. The average Bonchev–Trinajstić information content (AvgIpc) is 3.56. The topological polar surface area (TPSA) is 136 Å². The number of carbonyl (C=O) groups is 2. The molecule has 226 valence electrons. The molecule has 0 spiro atoms. The highest BCUT2D eigenvalue weighted by atomic mass is 32.2. The van der Waals surface area contributed by atoms with Crippen LogP contribution in [-0.2, 0) is 19.6 Å². The number of hydrogen-bond acceptors (Lipinski definition) is 8. The van der Waals surface area contributed by atoms with Crippen LogP contribution in [0.2, 0.25) is 0 Å². The van der Waals surface area contributed by atoms with Gasteiger partial charge in [0, 0.05) is 42.0 Å². The van der Waals surface area contributed by atoms with Crippen molar-refractivity contribution in [1.82, 2.24) is 20.3 Å². The predicted molar refractivity (Wildman–Crippen MR) is 166 cm³/mol. The van der Waals surface area contributed by atoms with Crippen molar-refractivity contribution in [3.63, 3.8) is 0 Å². The van der Waals surface area contributed by atoms with Crippen LogP contribution in [0.3, 0.4) is 0 Å². The summed E-state index contributed by atoms with van der Waals surface area (Å²) < 4.78 is 39.6. The number of carbonyl (C=O) groups excluding carboxylic acids is 2. The molecule has 1 aromatic heterocycles. The second-order valence-corrected chi connectivity index (χ2v) is 12.6. The van der Waals surface area contributed by atoms with Gasteiger partial charge in [0.2, 0.25) is 5.91 Å². The third kappa shape index (κ3) is 5.76. The minimum Gasteiger partial charge on any atom is -0.497 e. The number of nitrogens with one attached hydrogen (secondary N) is 3. The van der Waals surface area contributed by atoms with E-state index < -0.39 is 39.3 Å². The number of ether oxygens (including phenoxy) is 2. The lowest BCUT2D eigenvalue weighted by Crippen LogP contribution is -2.55. The molecule has 11 heteroatoms. The molecule has 6 rings (SSSR count). The summed E-state index contributed by atoms with van der Waals surface area (Å²) in [6.07, 6.45) is 1.79. The first-order valence-corrected chi connectivity index (χ1v) is 15.7. The number of pyridine rings is 1. The van der Waals surface area contributed by atoms with Gasteiger partial charge in [0.05, 0.1) is 29.3 Å². The van der Waals surface area contributed by atoms with Crippen LogP contribution in [0.4, 0.5) is 0 Å². The number of fused-ring (bicyclic) bond motifs is 1. The van der Waals surface area contributed by atoms with E-state index in [0.717, 1.165) is 16.6 Å². The lowest BCUT2D eigenvalue weighted by molar-refractivity contribution is -0.130. The second kappa shape index (κ2) is 11.7. The number of hydrogen-bond donors (Lipinski definition) is 3. The van der Waals surface area contributed by atoms with Crippen LogP contribution in [0, 0.1) is 5.92 Å². The van der Waals surface area contributed by atoms with E-state index >= 15 is 0 Å². The van der Waals surface area contributed by atoms with Crippen molar-refractivity contribution in [3.8, 4) is 22.8 Å². The molecule has 4 atom stereocenters. The van der Waals surface area contributed by atoms with Crippen molar-refractivity contribution in [1.29, 1.82) is 0 Å². The van der Waals surface area contributed by atoms with Gasteiger partial charge in [-0.1, -0.05) is 54.6 Å². The number of rotatable bonds is 10. The lowest BCUT2D eigenvalue weighted by Gasteiger charge is -2.21.